The molecule has 0 saturated carbocycles. The van der Waals surface area contributed by atoms with Crippen LogP contribution in [0.5, 0.6) is 0 Å². The fourth-order valence-corrected chi connectivity index (χ4v) is 2.44. The molecule has 0 bridgehead atoms. The van der Waals surface area contributed by atoms with Crippen molar-refractivity contribution in [3.8, 4) is 0 Å². The van der Waals surface area contributed by atoms with Crippen LogP contribution < -0.4 is 5.46 Å². The highest BCUT2D eigenvalue weighted by atomic mass is 79.9. The largest absolute Gasteiger partial charge is 0.494 e. The third-order valence-electron chi connectivity index (χ3n) is 3.86. The number of aryl methyl sites for hydroxylation is 1. The maximum Gasteiger partial charge on any atom is 0.494 e. The van der Waals surface area contributed by atoms with Crippen LogP contribution >= 0.6 is 15.9 Å². The number of hydrogen-bond donors (Lipinski definition) is 0. The maximum atomic E-state index is 6.05. The first-order valence-electron chi connectivity index (χ1n) is 6.36. The van der Waals surface area contributed by atoms with Gasteiger partial charge in [0.05, 0.1) is 11.2 Å². The van der Waals surface area contributed by atoms with Crippen LogP contribution in [0.2, 0.25) is 0 Å². The zero-order valence-electron chi connectivity index (χ0n) is 11.5. The van der Waals surface area contributed by atoms with Crippen molar-refractivity contribution >= 4 is 28.5 Å². The van der Waals surface area contributed by atoms with Crippen molar-refractivity contribution in [3.63, 3.8) is 0 Å². The Kier molecular flexibility index (Phi) is 3.91. The second-order valence-electron chi connectivity index (χ2n) is 5.77. The summed E-state index contributed by atoms with van der Waals surface area (Å²) in [7, 11) is -0.259. The number of alkyl halides is 1. The Labute approximate surface area is 118 Å². The predicted molar refractivity (Wildman–Crippen MR) is 79.7 cm³/mol. The molecule has 0 aromatic heterocycles. The highest BCUT2D eigenvalue weighted by Gasteiger charge is 2.51. The van der Waals surface area contributed by atoms with Crippen LogP contribution in [0.25, 0.3) is 0 Å². The van der Waals surface area contributed by atoms with Gasteiger partial charge in [-0.1, -0.05) is 40.2 Å². The molecular formula is C14H20BBrO2. The van der Waals surface area contributed by atoms with E-state index < -0.39 is 0 Å². The second-order valence-corrected chi connectivity index (χ2v) is 6.57. The molecule has 1 aliphatic rings. The molecule has 18 heavy (non-hydrogen) atoms. The molecule has 1 fully saturated rings. The molecule has 1 heterocycles. The average Bonchev–Trinajstić information content (AvgIpc) is 2.49. The summed E-state index contributed by atoms with van der Waals surface area (Å²) in [6, 6.07) is 8.44. The van der Waals surface area contributed by atoms with Crippen molar-refractivity contribution in [2.75, 3.05) is 5.33 Å². The van der Waals surface area contributed by atoms with E-state index in [0.717, 1.165) is 17.2 Å². The summed E-state index contributed by atoms with van der Waals surface area (Å²) in [6.45, 7) is 8.31. The van der Waals surface area contributed by atoms with Crippen LogP contribution in [0.3, 0.4) is 0 Å². The molecule has 0 radical (unpaired) electrons. The summed E-state index contributed by atoms with van der Waals surface area (Å²) < 4.78 is 12.1. The van der Waals surface area contributed by atoms with E-state index in [-0.39, 0.29) is 18.3 Å². The highest BCUT2D eigenvalue weighted by Crippen LogP contribution is 2.36. The van der Waals surface area contributed by atoms with Crippen molar-refractivity contribution in [2.24, 2.45) is 0 Å². The standard InChI is InChI=1S/C14H20BBrO2/c1-13(2)14(3,4)18-15(17-13)12-7-5-6-11(10-12)8-9-16/h5-7,10H,8-9H2,1-4H3. The number of hydrogen-bond acceptors (Lipinski definition) is 2. The van der Waals surface area contributed by atoms with Gasteiger partial charge in [-0.3, -0.25) is 0 Å². The van der Waals surface area contributed by atoms with Crippen LogP contribution in [0.1, 0.15) is 33.3 Å². The summed E-state index contributed by atoms with van der Waals surface area (Å²) in [4.78, 5) is 0. The molecule has 1 aliphatic heterocycles. The van der Waals surface area contributed by atoms with Crippen LogP contribution in [-0.2, 0) is 15.7 Å². The van der Waals surface area contributed by atoms with Gasteiger partial charge in [-0.25, -0.2) is 0 Å². The normalized spacial score (nSPS) is 21.3. The second kappa shape index (κ2) is 4.99. The van der Waals surface area contributed by atoms with Crippen molar-refractivity contribution in [3.05, 3.63) is 29.8 Å². The van der Waals surface area contributed by atoms with Crippen LogP contribution in [0, 0.1) is 0 Å². The predicted octanol–water partition coefficient (Wildman–Crippen LogP) is 2.92. The van der Waals surface area contributed by atoms with Crippen molar-refractivity contribution < 1.29 is 9.31 Å². The Balaban J connectivity index is 2.21. The lowest BCUT2D eigenvalue weighted by Crippen LogP contribution is -2.41. The minimum absolute atomic E-state index is 0.259. The van der Waals surface area contributed by atoms with Gasteiger partial charge in [0.1, 0.15) is 0 Å². The van der Waals surface area contributed by atoms with Gasteiger partial charge in [0, 0.05) is 5.33 Å². The number of rotatable bonds is 3. The van der Waals surface area contributed by atoms with Crippen molar-refractivity contribution in [1.29, 1.82) is 0 Å². The quantitative estimate of drug-likeness (QED) is 0.631. The Hall–Kier alpha value is -0.315. The third-order valence-corrected chi connectivity index (χ3v) is 4.26. The lowest BCUT2D eigenvalue weighted by Gasteiger charge is -2.32. The Morgan fingerprint density at radius 2 is 1.72 bits per heavy atom. The summed E-state index contributed by atoms with van der Waals surface area (Å²) in [5.74, 6) is 0. The molecule has 4 heteroatoms. The van der Waals surface area contributed by atoms with Gasteiger partial charge in [0.25, 0.3) is 0 Å². The molecule has 0 atom stereocenters. The lowest BCUT2D eigenvalue weighted by molar-refractivity contribution is 0.00578. The molecule has 0 unspecified atom stereocenters. The summed E-state index contributed by atoms with van der Waals surface area (Å²) in [5.41, 5.74) is 1.86. The highest BCUT2D eigenvalue weighted by molar-refractivity contribution is 9.09. The fraction of sp³-hybridized carbons (Fsp3) is 0.571. The fourth-order valence-electron chi connectivity index (χ4n) is 1.98. The van der Waals surface area contributed by atoms with Crippen molar-refractivity contribution in [1.82, 2.24) is 0 Å². The zero-order valence-corrected chi connectivity index (χ0v) is 13.1. The lowest BCUT2D eigenvalue weighted by atomic mass is 9.78. The van der Waals surface area contributed by atoms with Gasteiger partial charge >= 0.3 is 7.12 Å². The minimum Gasteiger partial charge on any atom is -0.399 e. The molecule has 0 N–H and O–H groups in total. The summed E-state index contributed by atoms with van der Waals surface area (Å²) >= 11 is 3.47. The molecule has 0 aliphatic carbocycles. The van der Waals surface area contributed by atoms with E-state index in [9.17, 15) is 0 Å². The molecule has 0 spiro atoms. The number of halogens is 1. The molecule has 2 rings (SSSR count). The molecule has 2 nitrogen and oxygen atoms in total. The summed E-state index contributed by atoms with van der Waals surface area (Å²) in [5, 5.41) is 0.972. The minimum atomic E-state index is -0.275. The SMILES string of the molecule is CC1(C)OB(c2cccc(CCBr)c2)OC1(C)C. The first-order valence-corrected chi connectivity index (χ1v) is 7.48. The Morgan fingerprint density at radius 3 is 2.28 bits per heavy atom. The van der Waals surface area contributed by atoms with Crippen LogP contribution in [0.15, 0.2) is 24.3 Å². The van der Waals surface area contributed by atoms with E-state index in [0.29, 0.717) is 0 Å². The van der Waals surface area contributed by atoms with Gasteiger partial charge in [-0.15, -0.1) is 0 Å². The van der Waals surface area contributed by atoms with Gasteiger partial charge in [0.2, 0.25) is 0 Å². The third kappa shape index (κ3) is 2.66. The molecule has 98 valence electrons. The van der Waals surface area contributed by atoms with E-state index in [1.54, 1.807) is 0 Å². The van der Waals surface area contributed by atoms with E-state index in [1.807, 2.05) is 0 Å². The Bertz CT molecular complexity index is 416. The first-order chi connectivity index (χ1) is 8.36. The first kappa shape index (κ1) is 14.1. The van der Waals surface area contributed by atoms with Gasteiger partial charge < -0.3 is 9.31 Å². The topological polar surface area (TPSA) is 18.5 Å². The number of benzene rings is 1. The summed E-state index contributed by atoms with van der Waals surface area (Å²) in [6.07, 6.45) is 1.02. The average molecular weight is 311 g/mol. The van der Waals surface area contributed by atoms with E-state index in [2.05, 4.69) is 67.9 Å². The van der Waals surface area contributed by atoms with Gasteiger partial charge in [-0.05, 0) is 45.1 Å². The monoisotopic (exact) mass is 310 g/mol. The van der Waals surface area contributed by atoms with E-state index in [1.165, 1.54) is 5.56 Å². The van der Waals surface area contributed by atoms with Crippen LogP contribution in [0.4, 0.5) is 0 Å². The smallest absolute Gasteiger partial charge is 0.399 e. The molecule has 0 amide bonds. The molecule has 1 saturated heterocycles. The zero-order chi connectivity index (χ0) is 13.4. The van der Waals surface area contributed by atoms with Crippen molar-refractivity contribution in [2.45, 2.75) is 45.3 Å². The Morgan fingerprint density at radius 1 is 1.11 bits per heavy atom. The molecule has 1 aromatic rings. The van der Waals surface area contributed by atoms with Gasteiger partial charge in [0.15, 0.2) is 0 Å². The molecular weight excluding hydrogens is 291 g/mol. The maximum absolute atomic E-state index is 6.05. The van der Waals surface area contributed by atoms with E-state index >= 15 is 0 Å². The van der Waals surface area contributed by atoms with Crippen LogP contribution in [-0.4, -0.2) is 23.7 Å². The van der Waals surface area contributed by atoms with E-state index in [4.69, 9.17) is 9.31 Å². The molecule has 1 aromatic carbocycles. The van der Waals surface area contributed by atoms with Gasteiger partial charge in [-0.2, -0.15) is 0 Å².